The van der Waals surface area contributed by atoms with Gasteiger partial charge in [0, 0.05) is 0 Å². The summed E-state index contributed by atoms with van der Waals surface area (Å²) in [7, 11) is -6.01. The average molecular weight is 284 g/mol. The lowest BCUT2D eigenvalue weighted by molar-refractivity contribution is 0.168. The van der Waals surface area contributed by atoms with E-state index < -0.39 is 20.7 Å². The fraction of sp³-hybridized carbons (Fsp3) is 1.00. The van der Waals surface area contributed by atoms with E-state index >= 15 is 4.39 Å². The van der Waals surface area contributed by atoms with Crippen LogP contribution in [-0.4, -0.2) is 26.3 Å². The monoisotopic (exact) mass is 284 g/mol. The summed E-state index contributed by atoms with van der Waals surface area (Å²) in [6, 6.07) is 0. The first kappa shape index (κ1) is 17.3. The van der Waals surface area contributed by atoms with Gasteiger partial charge in [-0.1, -0.05) is 33.0 Å². The van der Waals surface area contributed by atoms with Crippen molar-refractivity contribution in [3.8, 4) is 0 Å². The van der Waals surface area contributed by atoms with Crippen molar-refractivity contribution in [2.45, 2.75) is 58.3 Å². The van der Waals surface area contributed by atoms with Crippen LogP contribution in [0.25, 0.3) is 0 Å². The van der Waals surface area contributed by atoms with Gasteiger partial charge in [-0.3, -0.25) is 4.57 Å². The van der Waals surface area contributed by atoms with Gasteiger partial charge in [0.05, 0.1) is 13.2 Å². The number of rotatable bonds is 8. The van der Waals surface area contributed by atoms with Crippen molar-refractivity contribution in [1.82, 2.24) is 0 Å². The Bertz CT molecular complexity index is 270. The van der Waals surface area contributed by atoms with Gasteiger partial charge < -0.3 is 9.05 Å². The van der Waals surface area contributed by atoms with E-state index in [9.17, 15) is 4.57 Å². The first-order chi connectivity index (χ1) is 7.68. The summed E-state index contributed by atoms with van der Waals surface area (Å²) in [6.07, 6.45) is 0.866. The molecule has 3 nitrogen and oxygen atoms in total. The fourth-order valence-corrected chi connectivity index (χ4v) is 8.17. The summed E-state index contributed by atoms with van der Waals surface area (Å²) >= 11 is 0. The maximum absolute atomic E-state index is 15.3. The van der Waals surface area contributed by atoms with Crippen LogP contribution in [0, 0.1) is 0 Å². The molecule has 0 bridgehead atoms. The summed E-state index contributed by atoms with van der Waals surface area (Å²) in [5.74, 6) is 0. The Balaban J connectivity index is 5.45. The minimum Gasteiger partial charge on any atom is -0.307 e. The summed E-state index contributed by atoms with van der Waals surface area (Å²) in [5.41, 5.74) is 0. The molecule has 0 N–H and O–H groups in total. The van der Waals surface area contributed by atoms with Crippen LogP contribution in [-0.2, 0) is 13.6 Å². The third-order valence-electron chi connectivity index (χ3n) is 2.76. The first-order valence-electron chi connectivity index (χ1n) is 6.26. The van der Waals surface area contributed by atoms with Gasteiger partial charge in [0.25, 0.3) is 0 Å². The van der Waals surface area contributed by atoms with E-state index in [0.717, 1.165) is 0 Å². The quantitative estimate of drug-likeness (QED) is 0.483. The maximum atomic E-state index is 15.3. The van der Waals surface area contributed by atoms with E-state index in [1.165, 1.54) is 0 Å². The lowest BCUT2D eigenvalue weighted by Crippen LogP contribution is -2.49. The average Bonchev–Trinajstić information content (AvgIpc) is 2.16. The summed E-state index contributed by atoms with van der Waals surface area (Å²) in [4.78, 5) is 0. The first-order valence-corrected chi connectivity index (χ1v) is 11.3. The molecule has 0 spiro atoms. The molecular weight excluding hydrogens is 258 g/mol. The molecule has 104 valence electrons. The molecule has 0 aromatic heterocycles. The van der Waals surface area contributed by atoms with E-state index in [1.54, 1.807) is 13.8 Å². The van der Waals surface area contributed by atoms with Crippen molar-refractivity contribution in [2.24, 2.45) is 0 Å². The van der Waals surface area contributed by atoms with Gasteiger partial charge in [-0.15, -0.1) is 0 Å². The molecule has 0 aliphatic rings. The minimum absolute atomic E-state index is 0.205. The fourth-order valence-electron chi connectivity index (χ4n) is 1.84. The normalized spacial score (nSPS) is 16.9. The molecule has 0 rings (SSSR count). The molecule has 0 aromatic carbocycles. The van der Waals surface area contributed by atoms with Crippen molar-refractivity contribution in [2.75, 3.05) is 13.2 Å². The standard InChI is InChI=1S/C11H26FO3PSi/c1-7-10-11(12,17(4,5)6)16(13,14-8-2)15-9-3/h7-10H2,1-6H3. The Labute approximate surface area is 106 Å². The summed E-state index contributed by atoms with van der Waals surface area (Å²) in [5, 5.41) is -1.80. The molecular formula is C11H26FO3PSi. The lowest BCUT2D eigenvalue weighted by Gasteiger charge is -2.40. The van der Waals surface area contributed by atoms with Crippen LogP contribution in [0.4, 0.5) is 4.39 Å². The minimum atomic E-state index is -3.68. The van der Waals surface area contributed by atoms with E-state index in [4.69, 9.17) is 9.05 Å². The van der Waals surface area contributed by atoms with E-state index in [-0.39, 0.29) is 19.6 Å². The largest absolute Gasteiger partial charge is 0.363 e. The zero-order chi connectivity index (χ0) is 13.7. The van der Waals surface area contributed by atoms with E-state index in [2.05, 4.69) is 0 Å². The molecule has 0 aliphatic carbocycles. The van der Waals surface area contributed by atoms with Crippen LogP contribution >= 0.6 is 7.60 Å². The molecule has 0 saturated heterocycles. The molecule has 0 fully saturated rings. The Morgan fingerprint density at radius 2 is 1.53 bits per heavy atom. The molecule has 0 aliphatic heterocycles. The van der Waals surface area contributed by atoms with Gasteiger partial charge in [0.15, 0.2) is 5.03 Å². The van der Waals surface area contributed by atoms with Crippen molar-refractivity contribution >= 4 is 15.7 Å². The van der Waals surface area contributed by atoms with Crippen LogP contribution in [0.1, 0.15) is 33.6 Å². The van der Waals surface area contributed by atoms with Crippen LogP contribution in [0.3, 0.4) is 0 Å². The maximum Gasteiger partial charge on any atom is 0.363 e. The number of hydrogen-bond donors (Lipinski definition) is 0. The smallest absolute Gasteiger partial charge is 0.307 e. The van der Waals surface area contributed by atoms with E-state index in [0.29, 0.717) is 6.42 Å². The molecule has 0 radical (unpaired) electrons. The van der Waals surface area contributed by atoms with Gasteiger partial charge in [-0.25, -0.2) is 4.39 Å². The zero-order valence-corrected chi connectivity index (χ0v) is 13.8. The van der Waals surface area contributed by atoms with Gasteiger partial charge >= 0.3 is 7.60 Å². The molecule has 0 aromatic rings. The SMILES string of the molecule is CCCC(F)([Si](C)(C)C)P(=O)(OCC)OCC. The second-order valence-corrected chi connectivity index (χ2v) is 13.0. The lowest BCUT2D eigenvalue weighted by atomic mass is 10.4. The predicted octanol–water partition coefficient (Wildman–Crippen LogP) is 4.60. The molecule has 0 saturated carbocycles. The third-order valence-corrected chi connectivity index (χ3v) is 10.4. The second kappa shape index (κ2) is 6.46. The van der Waals surface area contributed by atoms with E-state index in [1.807, 2.05) is 26.6 Å². The Kier molecular flexibility index (Phi) is 6.57. The van der Waals surface area contributed by atoms with Crippen LogP contribution in [0.15, 0.2) is 0 Å². The van der Waals surface area contributed by atoms with Crippen molar-refractivity contribution in [1.29, 1.82) is 0 Å². The van der Waals surface area contributed by atoms with Crippen LogP contribution in [0.5, 0.6) is 0 Å². The molecule has 0 heterocycles. The van der Waals surface area contributed by atoms with Crippen molar-refractivity contribution in [3.05, 3.63) is 0 Å². The Hall–Kier alpha value is 0.297. The number of halogens is 1. The zero-order valence-electron chi connectivity index (χ0n) is 11.9. The van der Waals surface area contributed by atoms with Crippen LogP contribution < -0.4 is 0 Å². The molecule has 1 unspecified atom stereocenters. The molecule has 0 amide bonds. The molecule has 1 atom stereocenters. The third kappa shape index (κ3) is 3.63. The van der Waals surface area contributed by atoms with Gasteiger partial charge in [-0.05, 0) is 20.3 Å². The number of alkyl halides is 1. The highest BCUT2D eigenvalue weighted by molar-refractivity contribution is 7.59. The van der Waals surface area contributed by atoms with Gasteiger partial charge in [0.2, 0.25) is 0 Å². The van der Waals surface area contributed by atoms with Crippen molar-refractivity contribution < 1.29 is 18.0 Å². The summed E-state index contributed by atoms with van der Waals surface area (Å²) < 4.78 is 38.4. The van der Waals surface area contributed by atoms with Crippen LogP contribution in [0.2, 0.25) is 19.6 Å². The highest BCUT2D eigenvalue weighted by atomic mass is 31.2. The topological polar surface area (TPSA) is 35.5 Å². The molecule has 6 heteroatoms. The summed E-state index contributed by atoms with van der Waals surface area (Å²) in [6.45, 7) is 11.3. The Morgan fingerprint density at radius 1 is 1.12 bits per heavy atom. The predicted molar refractivity (Wildman–Crippen MR) is 73.0 cm³/mol. The highest BCUT2D eigenvalue weighted by Crippen LogP contribution is 2.65. The highest BCUT2D eigenvalue weighted by Gasteiger charge is 2.59. The number of hydrogen-bond acceptors (Lipinski definition) is 3. The van der Waals surface area contributed by atoms with Gasteiger partial charge in [0.1, 0.15) is 8.07 Å². The Morgan fingerprint density at radius 3 is 1.76 bits per heavy atom. The second-order valence-electron chi connectivity index (χ2n) is 5.09. The molecule has 17 heavy (non-hydrogen) atoms. The van der Waals surface area contributed by atoms with Crippen molar-refractivity contribution in [3.63, 3.8) is 0 Å². The van der Waals surface area contributed by atoms with Gasteiger partial charge in [-0.2, -0.15) is 0 Å².